The summed E-state index contributed by atoms with van der Waals surface area (Å²) in [5.41, 5.74) is 7.01. The first-order valence-corrected chi connectivity index (χ1v) is 11.2. The monoisotopic (exact) mass is 489 g/mol. The third-order valence-electron chi connectivity index (χ3n) is 5.68. The Kier molecular flexibility index (Phi) is 9.76. The Morgan fingerprint density at radius 2 is 1.74 bits per heavy atom. The molecule has 190 valence electrons. The fraction of sp³-hybridized carbons (Fsp3) is 0.435. The number of H-pyrrole nitrogens is 1. The SMILES string of the molecule is CCC(C)C(NC(=O)CNC(=O)C(N)CC(=O)O)C(=O)NC(Cc1c[nH]c2ccccc12)C(=O)O. The van der Waals surface area contributed by atoms with E-state index in [4.69, 9.17) is 10.8 Å². The second-order valence-corrected chi connectivity index (χ2v) is 8.32. The fourth-order valence-corrected chi connectivity index (χ4v) is 3.49. The molecule has 2 aromatic rings. The predicted octanol–water partition coefficient (Wildman–Crippen LogP) is -0.271. The van der Waals surface area contributed by atoms with Crippen molar-refractivity contribution in [2.75, 3.05) is 6.54 Å². The van der Waals surface area contributed by atoms with Crippen molar-refractivity contribution >= 4 is 40.6 Å². The number of nitrogens with one attached hydrogen (secondary N) is 4. The lowest BCUT2D eigenvalue weighted by Gasteiger charge is -2.25. The summed E-state index contributed by atoms with van der Waals surface area (Å²) in [7, 11) is 0. The highest BCUT2D eigenvalue weighted by molar-refractivity contribution is 5.93. The zero-order valence-electron chi connectivity index (χ0n) is 19.5. The van der Waals surface area contributed by atoms with Crippen LogP contribution in [0.15, 0.2) is 30.5 Å². The van der Waals surface area contributed by atoms with Gasteiger partial charge in [-0.3, -0.25) is 19.2 Å². The molecule has 0 bridgehead atoms. The Morgan fingerprint density at radius 1 is 1.06 bits per heavy atom. The molecule has 0 aliphatic carbocycles. The van der Waals surface area contributed by atoms with Crippen LogP contribution in [0.2, 0.25) is 0 Å². The Balaban J connectivity index is 2.04. The standard InChI is InChI=1S/C23H31N5O7/c1-3-12(2)20(28-18(29)11-26-21(32)15(24)9-19(30)31)22(33)27-17(23(34)35)8-13-10-25-16-7-5-4-6-14(13)16/h4-7,10,12,15,17,20,25H,3,8-9,11,24H2,1-2H3,(H,26,32)(H,27,33)(H,28,29)(H,30,31)(H,34,35). The molecule has 3 amide bonds. The van der Waals surface area contributed by atoms with E-state index >= 15 is 0 Å². The smallest absolute Gasteiger partial charge is 0.326 e. The zero-order chi connectivity index (χ0) is 26.1. The molecule has 0 aliphatic heterocycles. The Hall–Kier alpha value is -3.93. The second-order valence-electron chi connectivity index (χ2n) is 8.32. The topological polar surface area (TPSA) is 204 Å². The molecule has 12 heteroatoms. The molecule has 2 rings (SSSR count). The van der Waals surface area contributed by atoms with Crippen LogP contribution in [0.25, 0.3) is 10.9 Å². The first kappa shape index (κ1) is 27.3. The van der Waals surface area contributed by atoms with Crippen LogP contribution in [0.4, 0.5) is 0 Å². The minimum atomic E-state index is -1.32. The third kappa shape index (κ3) is 7.81. The number of para-hydroxylation sites is 1. The van der Waals surface area contributed by atoms with Gasteiger partial charge in [0.25, 0.3) is 0 Å². The number of rotatable bonds is 13. The fourth-order valence-electron chi connectivity index (χ4n) is 3.49. The van der Waals surface area contributed by atoms with Gasteiger partial charge in [-0.1, -0.05) is 38.5 Å². The van der Waals surface area contributed by atoms with Gasteiger partial charge in [-0.25, -0.2) is 4.79 Å². The van der Waals surface area contributed by atoms with Crippen molar-refractivity contribution in [3.63, 3.8) is 0 Å². The first-order chi connectivity index (χ1) is 16.5. The molecule has 35 heavy (non-hydrogen) atoms. The minimum absolute atomic E-state index is 0.0315. The molecule has 1 aromatic carbocycles. The molecule has 0 saturated carbocycles. The Labute approximate surface area is 201 Å². The number of nitrogens with two attached hydrogens (primary N) is 1. The van der Waals surface area contributed by atoms with Crippen molar-refractivity contribution in [2.24, 2.45) is 11.7 Å². The molecule has 0 fully saturated rings. The summed E-state index contributed by atoms with van der Waals surface area (Å²) in [6.07, 6.45) is 1.63. The predicted molar refractivity (Wildman–Crippen MR) is 126 cm³/mol. The number of carboxylic acid groups (broad SMARTS) is 2. The summed E-state index contributed by atoms with van der Waals surface area (Å²) in [5.74, 6) is -5.02. The number of benzene rings is 1. The second kappa shape index (κ2) is 12.5. The molecule has 4 unspecified atom stereocenters. The maximum Gasteiger partial charge on any atom is 0.326 e. The molecule has 8 N–H and O–H groups in total. The van der Waals surface area contributed by atoms with Gasteiger partial charge in [0.05, 0.1) is 19.0 Å². The lowest BCUT2D eigenvalue weighted by molar-refractivity contribution is -0.142. The number of aromatic nitrogens is 1. The summed E-state index contributed by atoms with van der Waals surface area (Å²) in [6.45, 7) is 3.01. The maximum absolute atomic E-state index is 13.0. The highest BCUT2D eigenvalue weighted by atomic mass is 16.4. The van der Waals surface area contributed by atoms with E-state index < -0.39 is 60.8 Å². The van der Waals surface area contributed by atoms with Crippen LogP contribution in [-0.2, 0) is 30.4 Å². The molecule has 0 aliphatic rings. The van der Waals surface area contributed by atoms with Gasteiger partial charge in [0.2, 0.25) is 17.7 Å². The summed E-state index contributed by atoms with van der Waals surface area (Å²) < 4.78 is 0. The van der Waals surface area contributed by atoms with Crippen LogP contribution < -0.4 is 21.7 Å². The van der Waals surface area contributed by atoms with E-state index in [2.05, 4.69) is 20.9 Å². The number of fused-ring (bicyclic) bond motifs is 1. The lowest BCUT2D eigenvalue weighted by atomic mass is 9.97. The van der Waals surface area contributed by atoms with Crippen molar-refractivity contribution in [2.45, 2.75) is 51.2 Å². The van der Waals surface area contributed by atoms with Gasteiger partial charge in [-0.15, -0.1) is 0 Å². The molecular formula is C23H31N5O7. The van der Waals surface area contributed by atoms with E-state index in [1.54, 1.807) is 13.1 Å². The van der Waals surface area contributed by atoms with E-state index in [-0.39, 0.29) is 12.3 Å². The molecule has 0 radical (unpaired) electrons. The van der Waals surface area contributed by atoms with Crippen LogP contribution in [-0.4, -0.2) is 69.5 Å². The summed E-state index contributed by atoms with van der Waals surface area (Å²) >= 11 is 0. The molecule has 0 spiro atoms. The molecular weight excluding hydrogens is 458 g/mol. The van der Waals surface area contributed by atoms with E-state index in [9.17, 15) is 29.1 Å². The van der Waals surface area contributed by atoms with Crippen LogP contribution in [0.5, 0.6) is 0 Å². The van der Waals surface area contributed by atoms with Gasteiger partial charge in [0.1, 0.15) is 12.1 Å². The van der Waals surface area contributed by atoms with Crippen LogP contribution in [0.3, 0.4) is 0 Å². The normalized spacial score (nSPS) is 14.4. The largest absolute Gasteiger partial charge is 0.481 e. The van der Waals surface area contributed by atoms with Crippen LogP contribution >= 0.6 is 0 Å². The van der Waals surface area contributed by atoms with Gasteiger partial charge in [-0.2, -0.15) is 0 Å². The molecule has 1 aromatic heterocycles. The first-order valence-electron chi connectivity index (χ1n) is 11.2. The number of hydrogen-bond acceptors (Lipinski definition) is 6. The van der Waals surface area contributed by atoms with E-state index in [1.807, 2.05) is 31.2 Å². The zero-order valence-corrected chi connectivity index (χ0v) is 19.5. The van der Waals surface area contributed by atoms with E-state index in [1.165, 1.54) is 0 Å². The van der Waals surface area contributed by atoms with Gasteiger partial charge in [-0.05, 0) is 17.5 Å². The van der Waals surface area contributed by atoms with Gasteiger partial charge >= 0.3 is 11.9 Å². The summed E-state index contributed by atoms with van der Waals surface area (Å²) in [5, 5.41) is 26.5. The van der Waals surface area contributed by atoms with Gasteiger partial charge in [0, 0.05) is 23.5 Å². The Morgan fingerprint density at radius 3 is 2.37 bits per heavy atom. The van der Waals surface area contributed by atoms with E-state index in [0.717, 1.165) is 16.5 Å². The van der Waals surface area contributed by atoms with Crippen LogP contribution in [0.1, 0.15) is 32.3 Å². The number of aliphatic carboxylic acids is 2. The highest BCUT2D eigenvalue weighted by Gasteiger charge is 2.30. The number of carboxylic acids is 2. The molecule has 0 saturated heterocycles. The Bertz CT molecular complexity index is 1080. The average Bonchev–Trinajstić information content (AvgIpc) is 3.22. The highest BCUT2D eigenvalue weighted by Crippen LogP contribution is 2.19. The van der Waals surface area contributed by atoms with E-state index in [0.29, 0.717) is 6.42 Å². The quantitative estimate of drug-likeness (QED) is 0.199. The number of hydrogen-bond donors (Lipinski definition) is 7. The van der Waals surface area contributed by atoms with Crippen molar-refractivity contribution in [1.29, 1.82) is 0 Å². The van der Waals surface area contributed by atoms with Gasteiger partial charge in [0.15, 0.2) is 0 Å². The molecule has 1 heterocycles. The van der Waals surface area contributed by atoms with Crippen molar-refractivity contribution in [1.82, 2.24) is 20.9 Å². The number of carbonyl (C=O) groups excluding carboxylic acids is 3. The summed E-state index contributed by atoms with van der Waals surface area (Å²) in [4.78, 5) is 62.8. The van der Waals surface area contributed by atoms with Crippen LogP contribution in [0, 0.1) is 5.92 Å². The summed E-state index contributed by atoms with van der Waals surface area (Å²) in [6, 6.07) is 3.77. The third-order valence-corrected chi connectivity index (χ3v) is 5.68. The molecule has 12 nitrogen and oxygen atoms in total. The van der Waals surface area contributed by atoms with Gasteiger partial charge < -0.3 is 36.9 Å². The lowest BCUT2D eigenvalue weighted by Crippen LogP contribution is -2.56. The number of amides is 3. The maximum atomic E-state index is 13.0. The number of aromatic amines is 1. The van der Waals surface area contributed by atoms with Crippen molar-refractivity contribution in [3.8, 4) is 0 Å². The number of carbonyl (C=O) groups is 5. The average molecular weight is 490 g/mol. The minimum Gasteiger partial charge on any atom is -0.481 e. The van der Waals surface area contributed by atoms with Crippen molar-refractivity contribution < 1.29 is 34.2 Å². The molecule has 4 atom stereocenters. The van der Waals surface area contributed by atoms with Crippen molar-refractivity contribution in [3.05, 3.63) is 36.0 Å².